The van der Waals surface area contributed by atoms with Gasteiger partial charge in [0.25, 0.3) is 0 Å². The van der Waals surface area contributed by atoms with E-state index in [1.54, 1.807) is 0 Å². The summed E-state index contributed by atoms with van der Waals surface area (Å²) in [5, 5.41) is 4.82. The van der Waals surface area contributed by atoms with Crippen molar-refractivity contribution in [1.82, 2.24) is 5.32 Å². The summed E-state index contributed by atoms with van der Waals surface area (Å²) in [5.74, 6) is 0.795. The third-order valence-corrected chi connectivity index (χ3v) is 4.21. The second-order valence-electron chi connectivity index (χ2n) is 5.83. The summed E-state index contributed by atoms with van der Waals surface area (Å²) in [6.45, 7) is 1.04. The number of nitrogens with zero attached hydrogens (tertiary/aromatic N) is 1. The van der Waals surface area contributed by atoms with Crippen molar-refractivity contribution in [2.75, 3.05) is 6.54 Å². The average Bonchev–Trinajstić information content (AvgIpc) is 2.50. The Morgan fingerprint density at radius 3 is 2.05 bits per heavy atom. The molecule has 1 saturated heterocycles. The first-order chi connectivity index (χ1) is 9.90. The zero-order valence-electron chi connectivity index (χ0n) is 11.9. The number of hydrogen-bond acceptors (Lipinski definition) is 0. The highest BCUT2D eigenvalue weighted by atomic mass is 14.9. The number of rotatable bonds is 4. The van der Waals surface area contributed by atoms with E-state index < -0.39 is 0 Å². The maximum atomic E-state index is 4.82. The molecule has 0 aliphatic carbocycles. The fourth-order valence-electron chi connectivity index (χ4n) is 3.18. The van der Waals surface area contributed by atoms with E-state index in [1.165, 1.54) is 30.4 Å². The van der Waals surface area contributed by atoms with Gasteiger partial charge in [0, 0.05) is 12.6 Å². The molecule has 3 rings (SSSR count). The van der Waals surface area contributed by atoms with Crippen molar-refractivity contribution in [2.24, 2.45) is 5.92 Å². The van der Waals surface area contributed by atoms with Gasteiger partial charge in [0.2, 0.25) is 0 Å². The summed E-state index contributed by atoms with van der Waals surface area (Å²) in [5.41, 5.74) is 2.89. The molecule has 0 aromatic heterocycles. The average molecular weight is 264 g/mol. The molecule has 1 aliphatic heterocycles. The van der Waals surface area contributed by atoms with Gasteiger partial charge >= 0.3 is 0 Å². The summed E-state index contributed by atoms with van der Waals surface area (Å²) in [6, 6.07) is 22.2. The van der Waals surface area contributed by atoms with Crippen molar-refractivity contribution in [3.8, 4) is 0 Å². The van der Waals surface area contributed by atoms with Crippen molar-refractivity contribution in [3.63, 3.8) is 0 Å². The normalized spacial score (nSPS) is 22.6. The predicted molar refractivity (Wildman–Crippen MR) is 83.8 cm³/mol. The molecule has 1 heteroatoms. The maximum Gasteiger partial charge on any atom is 0.0289 e. The van der Waals surface area contributed by atoms with E-state index >= 15 is 0 Å². The second-order valence-corrected chi connectivity index (χ2v) is 5.83. The Kier molecular flexibility index (Phi) is 4.49. The highest BCUT2D eigenvalue weighted by Gasteiger charge is 2.22. The van der Waals surface area contributed by atoms with Gasteiger partial charge in [-0.25, -0.2) is 5.32 Å². The first-order valence-corrected chi connectivity index (χ1v) is 7.64. The second kappa shape index (κ2) is 6.71. The lowest BCUT2D eigenvalue weighted by atomic mass is 9.85. The van der Waals surface area contributed by atoms with E-state index in [0.717, 1.165) is 18.9 Å². The van der Waals surface area contributed by atoms with Gasteiger partial charge in [-0.3, -0.25) is 0 Å². The summed E-state index contributed by atoms with van der Waals surface area (Å²) >= 11 is 0. The lowest BCUT2D eigenvalue weighted by Gasteiger charge is -2.29. The molecule has 0 saturated carbocycles. The third kappa shape index (κ3) is 3.71. The Labute approximate surface area is 122 Å². The first-order valence-electron chi connectivity index (χ1n) is 7.64. The van der Waals surface area contributed by atoms with Crippen LogP contribution in [0, 0.1) is 5.92 Å². The topological polar surface area (TPSA) is 14.1 Å². The zero-order valence-corrected chi connectivity index (χ0v) is 11.9. The molecule has 1 heterocycles. The monoisotopic (exact) mass is 264 g/mol. The van der Waals surface area contributed by atoms with E-state index in [2.05, 4.69) is 60.7 Å². The molecule has 1 radical (unpaired) electrons. The third-order valence-electron chi connectivity index (χ3n) is 4.21. The van der Waals surface area contributed by atoms with Crippen LogP contribution < -0.4 is 5.32 Å². The molecule has 20 heavy (non-hydrogen) atoms. The fourth-order valence-corrected chi connectivity index (χ4v) is 3.18. The van der Waals surface area contributed by atoms with Crippen LogP contribution in [0.15, 0.2) is 60.7 Å². The Hall–Kier alpha value is -1.60. The SMILES string of the molecule is c1ccc(CC2CC[N]C(Cc3ccccc3)C2)cc1. The highest BCUT2D eigenvalue weighted by molar-refractivity contribution is 5.17. The van der Waals surface area contributed by atoms with Crippen LogP contribution in [0.2, 0.25) is 0 Å². The lowest BCUT2D eigenvalue weighted by Crippen LogP contribution is -2.35. The molecule has 0 bridgehead atoms. The van der Waals surface area contributed by atoms with E-state index in [9.17, 15) is 0 Å². The lowest BCUT2D eigenvalue weighted by molar-refractivity contribution is 0.293. The van der Waals surface area contributed by atoms with Crippen LogP contribution >= 0.6 is 0 Å². The Morgan fingerprint density at radius 1 is 0.800 bits per heavy atom. The van der Waals surface area contributed by atoms with Crippen molar-refractivity contribution >= 4 is 0 Å². The van der Waals surface area contributed by atoms with Crippen LogP contribution in [0.3, 0.4) is 0 Å². The number of piperidine rings is 1. The minimum absolute atomic E-state index is 0.514. The van der Waals surface area contributed by atoms with E-state index in [1.807, 2.05) is 0 Å². The number of hydrogen-bond donors (Lipinski definition) is 0. The summed E-state index contributed by atoms with van der Waals surface area (Å²) in [7, 11) is 0. The van der Waals surface area contributed by atoms with Crippen molar-refractivity contribution < 1.29 is 0 Å². The molecular weight excluding hydrogens is 242 g/mol. The zero-order chi connectivity index (χ0) is 13.6. The molecule has 0 N–H and O–H groups in total. The molecule has 0 amide bonds. The predicted octanol–water partition coefficient (Wildman–Crippen LogP) is 3.85. The maximum absolute atomic E-state index is 4.82. The number of benzene rings is 2. The Balaban J connectivity index is 1.57. The quantitative estimate of drug-likeness (QED) is 0.796. The molecule has 1 fully saturated rings. The van der Waals surface area contributed by atoms with Gasteiger partial charge < -0.3 is 0 Å². The Bertz CT molecular complexity index is 458. The van der Waals surface area contributed by atoms with Crippen LogP contribution in [0.25, 0.3) is 0 Å². The summed E-state index contributed by atoms with van der Waals surface area (Å²) in [6.07, 6.45) is 4.80. The van der Waals surface area contributed by atoms with Crippen molar-refractivity contribution in [2.45, 2.75) is 31.7 Å². The van der Waals surface area contributed by atoms with Gasteiger partial charge in [-0.2, -0.15) is 0 Å². The fraction of sp³-hybridized carbons (Fsp3) is 0.368. The van der Waals surface area contributed by atoms with Gasteiger partial charge in [-0.1, -0.05) is 60.7 Å². The van der Waals surface area contributed by atoms with Crippen LogP contribution in [0.4, 0.5) is 0 Å². The standard InChI is InChI=1S/C19H22N/c1-3-7-16(8-4-1)13-18-11-12-20-19(15-18)14-17-9-5-2-6-10-17/h1-10,18-19H,11-15H2. The van der Waals surface area contributed by atoms with Crippen LogP contribution in [-0.4, -0.2) is 12.6 Å². The molecule has 0 spiro atoms. The minimum Gasteiger partial charge on any atom is -0.238 e. The molecule has 1 nitrogen and oxygen atoms in total. The summed E-state index contributed by atoms with van der Waals surface area (Å²) in [4.78, 5) is 0. The molecular formula is C19H22N. The van der Waals surface area contributed by atoms with Gasteiger partial charge in [-0.05, 0) is 42.7 Å². The van der Waals surface area contributed by atoms with Gasteiger partial charge in [0.15, 0.2) is 0 Å². The smallest absolute Gasteiger partial charge is 0.0289 e. The van der Waals surface area contributed by atoms with E-state index in [-0.39, 0.29) is 0 Å². The molecule has 103 valence electrons. The van der Waals surface area contributed by atoms with E-state index in [0.29, 0.717) is 6.04 Å². The van der Waals surface area contributed by atoms with Crippen LogP contribution in [-0.2, 0) is 12.8 Å². The molecule has 1 aliphatic rings. The van der Waals surface area contributed by atoms with Crippen molar-refractivity contribution in [3.05, 3.63) is 71.8 Å². The highest BCUT2D eigenvalue weighted by Crippen LogP contribution is 2.23. The van der Waals surface area contributed by atoms with Crippen LogP contribution in [0.1, 0.15) is 24.0 Å². The largest absolute Gasteiger partial charge is 0.238 e. The van der Waals surface area contributed by atoms with Gasteiger partial charge in [0.1, 0.15) is 0 Å². The van der Waals surface area contributed by atoms with Gasteiger partial charge in [-0.15, -0.1) is 0 Å². The summed E-state index contributed by atoms with van der Waals surface area (Å²) < 4.78 is 0. The molecule has 2 aromatic carbocycles. The van der Waals surface area contributed by atoms with Gasteiger partial charge in [0.05, 0.1) is 0 Å². The Morgan fingerprint density at radius 2 is 1.40 bits per heavy atom. The van der Waals surface area contributed by atoms with E-state index in [4.69, 9.17) is 5.32 Å². The first kappa shape index (κ1) is 13.4. The minimum atomic E-state index is 0.514. The molecule has 2 unspecified atom stereocenters. The van der Waals surface area contributed by atoms with Crippen molar-refractivity contribution in [1.29, 1.82) is 0 Å². The molecule has 2 atom stereocenters. The molecule has 2 aromatic rings. The van der Waals surface area contributed by atoms with Crippen LogP contribution in [0.5, 0.6) is 0 Å².